The third-order valence-corrected chi connectivity index (χ3v) is 2.50. The van der Waals surface area contributed by atoms with Gasteiger partial charge in [0.05, 0.1) is 25.4 Å². The number of aliphatic hydroxyl groups excluding tert-OH is 1. The molecule has 2 unspecified atom stereocenters. The van der Waals surface area contributed by atoms with Crippen LogP contribution in [0.25, 0.3) is 0 Å². The third kappa shape index (κ3) is 5.31. The predicted molar refractivity (Wildman–Crippen MR) is 67.9 cm³/mol. The highest BCUT2D eigenvalue weighted by Crippen LogP contribution is 2.18. The molecule has 1 N–H and O–H groups in total. The van der Waals surface area contributed by atoms with Crippen LogP contribution >= 0.6 is 0 Å². The molecule has 1 aromatic rings. The molecule has 0 aliphatic carbocycles. The molecule has 0 fully saturated rings. The van der Waals surface area contributed by atoms with Gasteiger partial charge in [0, 0.05) is 0 Å². The minimum Gasteiger partial charge on any atom is -0.386 e. The first-order valence-electron chi connectivity index (χ1n) is 6.07. The van der Waals surface area contributed by atoms with Crippen molar-refractivity contribution in [3.8, 4) is 0 Å². The number of hydrogen-bond donors (Lipinski definition) is 1. The zero-order valence-electron chi connectivity index (χ0n) is 10.8. The van der Waals surface area contributed by atoms with Crippen LogP contribution < -0.4 is 0 Å². The SMILES string of the molecule is CC(C)OCCOC(C)C(O)c1ccccc1. The van der Waals surface area contributed by atoms with Crippen molar-refractivity contribution < 1.29 is 14.6 Å². The van der Waals surface area contributed by atoms with Gasteiger partial charge in [-0.15, -0.1) is 0 Å². The molecule has 2 atom stereocenters. The van der Waals surface area contributed by atoms with E-state index in [1.165, 1.54) is 0 Å². The molecular weight excluding hydrogens is 216 g/mol. The first-order chi connectivity index (χ1) is 8.11. The van der Waals surface area contributed by atoms with E-state index in [-0.39, 0.29) is 12.2 Å². The van der Waals surface area contributed by atoms with E-state index in [0.717, 1.165) is 5.56 Å². The van der Waals surface area contributed by atoms with Crippen LogP contribution in [0, 0.1) is 0 Å². The Hall–Kier alpha value is -0.900. The first kappa shape index (κ1) is 14.2. The highest BCUT2D eigenvalue weighted by molar-refractivity contribution is 5.18. The smallest absolute Gasteiger partial charge is 0.105 e. The molecule has 0 spiro atoms. The van der Waals surface area contributed by atoms with Crippen LogP contribution in [0.4, 0.5) is 0 Å². The van der Waals surface area contributed by atoms with Gasteiger partial charge in [0.25, 0.3) is 0 Å². The van der Waals surface area contributed by atoms with Crippen molar-refractivity contribution in [2.45, 2.75) is 39.1 Å². The van der Waals surface area contributed by atoms with Gasteiger partial charge in [0.2, 0.25) is 0 Å². The third-order valence-electron chi connectivity index (χ3n) is 2.50. The van der Waals surface area contributed by atoms with E-state index in [0.29, 0.717) is 13.2 Å². The number of aliphatic hydroxyl groups is 1. The van der Waals surface area contributed by atoms with Gasteiger partial charge in [-0.3, -0.25) is 0 Å². The Kier molecular flexibility index (Phi) is 6.19. The van der Waals surface area contributed by atoms with Crippen LogP contribution in [0.1, 0.15) is 32.4 Å². The maximum absolute atomic E-state index is 10.0. The van der Waals surface area contributed by atoms with Crippen molar-refractivity contribution in [2.24, 2.45) is 0 Å². The predicted octanol–water partition coefficient (Wildman–Crippen LogP) is 2.55. The topological polar surface area (TPSA) is 38.7 Å². The summed E-state index contributed by atoms with van der Waals surface area (Å²) in [6.45, 7) is 6.91. The molecule has 0 saturated carbocycles. The fourth-order valence-electron chi connectivity index (χ4n) is 1.53. The maximum atomic E-state index is 10.0. The number of hydrogen-bond acceptors (Lipinski definition) is 3. The lowest BCUT2D eigenvalue weighted by Crippen LogP contribution is -2.21. The summed E-state index contributed by atoms with van der Waals surface area (Å²) in [6, 6.07) is 9.54. The van der Waals surface area contributed by atoms with Crippen LogP contribution in [-0.2, 0) is 9.47 Å². The molecule has 0 aromatic heterocycles. The highest BCUT2D eigenvalue weighted by Gasteiger charge is 2.16. The van der Waals surface area contributed by atoms with Gasteiger partial charge < -0.3 is 14.6 Å². The summed E-state index contributed by atoms with van der Waals surface area (Å²) < 4.78 is 10.9. The summed E-state index contributed by atoms with van der Waals surface area (Å²) in [5.74, 6) is 0. The van der Waals surface area contributed by atoms with Gasteiger partial charge in [-0.1, -0.05) is 30.3 Å². The number of benzene rings is 1. The molecule has 1 rings (SSSR count). The van der Waals surface area contributed by atoms with E-state index in [2.05, 4.69) is 0 Å². The van der Waals surface area contributed by atoms with Gasteiger partial charge in [-0.25, -0.2) is 0 Å². The summed E-state index contributed by atoms with van der Waals surface area (Å²) in [4.78, 5) is 0. The van der Waals surface area contributed by atoms with Gasteiger partial charge in [0.15, 0.2) is 0 Å². The average Bonchev–Trinajstić information content (AvgIpc) is 2.34. The van der Waals surface area contributed by atoms with E-state index >= 15 is 0 Å². The fraction of sp³-hybridized carbons (Fsp3) is 0.571. The summed E-state index contributed by atoms with van der Waals surface area (Å²) in [7, 11) is 0. The molecule has 0 heterocycles. The fourth-order valence-corrected chi connectivity index (χ4v) is 1.53. The lowest BCUT2D eigenvalue weighted by Gasteiger charge is -2.20. The molecular formula is C14H22O3. The Morgan fingerprint density at radius 2 is 1.59 bits per heavy atom. The average molecular weight is 238 g/mol. The summed E-state index contributed by atoms with van der Waals surface area (Å²) in [5.41, 5.74) is 0.879. The Morgan fingerprint density at radius 1 is 1.00 bits per heavy atom. The molecule has 0 saturated heterocycles. The number of rotatable bonds is 7. The second kappa shape index (κ2) is 7.43. The highest BCUT2D eigenvalue weighted by atomic mass is 16.5. The summed E-state index contributed by atoms with van der Waals surface area (Å²) >= 11 is 0. The van der Waals surface area contributed by atoms with E-state index in [1.54, 1.807) is 0 Å². The lowest BCUT2D eigenvalue weighted by atomic mass is 10.1. The Bertz CT molecular complexity index is 298. The van der Waals surface area contributed by atoms with E-state index in [1.807, 2.05) is 51.1 Å². The minimum atomic E-state index is -0.588. The largest absolute Gasteiger partial charge is 0.386 e. The molecule has 0 bridgehead atoms. The molecule has 0 aliphatic rings. The molecule has 0 aliphatic heterocycles. The standard InChI is InChI=1S/C14H22O3/c1-11(2)16-9-10-17-12(3)14(15)13-7-5-4-6-8-13/h4-8,11-12,14-15H,9-10H2,1-3H3. The normalized spacial score (nSPS) is 14.9. The van der Waals surface area contributed by atoms with Gasteiger partial charge in [-0.2, -0.15) is 0 Å². The van der Waals surface area contributed by atoms with Gasteiger partial charge in [0.1, 0.15) is 6.10 Å². The lowest BCUT2D eigenvalue weighted by molar-refractivity contribution is -0.0555. The van der Waals surface area contributed by atoms with Crippen molar-refractivity contribution in [3.63, 3.8) is 0 Å². The molecule has 1 aromatic carbocycles. The van der Waals surface area contributed by atoms with E-state index in [4.69, 9.17) is 9.47 Å². The molecule has 3 heteroatoms. The molecule has 96 valence electrons. The van der Waals surface area contributed by atoms with Gasteiger partial charge in [-0.05, 0) is 26.3 Å². The van der Waals surface area contributed by atoms with Crippen molar-refractivity contribution in [2.75, 3.05) is 13.2 Å². The molecule has 3 nitrogen and oxygen atoms in total. The molecule has 17 heavy (non-hydrogen) atoms. The van der Waals surface area contributed by atoms with E-state index < -0.39 is 6.10 Å². The Morgan fingerprint density at radius 3 is 2.18 bits per heavy atom. The minimum absolute atomic E-state index is 0.216. The van der Waals surface area contributed by atoms with E-state index in [9.17, 15) is 5.11 Å². The van der Waals surface area contributed by atoms with Crippen molar-refractivity contribution in [3.05, 3.63) is 35.9 Å². The quantitative estimate of drug-likeness (QED) is 0.742. The Balaban J connectivity index is 2.30. The number of ether oxygens (including phenoxy) is 2. The Labute approximate surface area is 103 Å². The van der Waals surface area contributed by atoms with Crippen LogP contribution in [0.5, 0.6) is 0 Å². The monoisotopic (exact) mass is 238 g/mol. The zero-order chi connectivity index (χ0) is 12.7. The summed E-state index contributed by atoms with van der Waals surface area (Å²) in [5, 5.41) is 10.0. The van der Waals surface area contributed by atoms with Crippen molar-refractivity contribution >= 4 is 0 Å². The second-order valence-electron chi connectivity index (χ2n) is 4.35. The first-order valence-corrected chi connectivity index (χ1v) is 6.07. The van der Waals surface area contributed by atoms with Crippen molar-refractivity contribution in [1.29, 1.82) is 0 Å². The van der Waals surface area contributed by atoms with Crippen LogP contribution in [0.3, 0.4) is 0 Å². The molecule has 0 amide bonds. The van der Waals surface area contributed by atoms with Crippen LogP contribution in [0.15, 0.2) is 30.3 Å². The second-order valence-corrected chi connectivity index (χ2v) is 4.35. The maximum Gasteiger partial charge on any atom is 0.105 e. The summed E-state index contributed by atoms with van der Waals surface area (Å²) in [6.07, 6.45) is -0.601. The van der Waals surface area contributed by atoms with Crippen LogP contribution in [0.2, 0.25) is 0 Å². The molecule has 0 radical (unpaired) electrons. The van der Waals surface area contributed by atoms with Crippen molar-refractivity contribution in [1.82, 2.24) is 0 Å². The van der Waals surface area contributed by atoms with Crippen LogP contribution in [-0.4, -0.2) is 30.5 Å². The van der Waals surface area contributed by atoms with Gasteiger partial charge >= 0.3 is 0 Å². The zero-order valence-corrected chi connectivity index (χ0v) is 10.8.